The summed E-state index contributed by atoms with van der Waals surface area (Å²) in [6, 6.07) is 0.427. The molecule has 0 spiro atoms. The van der Waals surface area contributed by atoms with Gasteiger partial charge in [0, 0.05) is 6.04 Å². The lowest BCUT2D eigenvalue weighted by molar-refractivity contribution is 0.502. The molecule has 90 valence electrons. The molecular formula is C14H29N. The Bertz CT molecular complexity index is 131. The van der Waals surface area contributed by atoms with Crippen molar-refractivity contribution in [2.45, 2.75) is 77.2 Å². The molecule has 1 atom stereocenters. The fourth-order valence-corrected chi connectivity index (χ4v) is 1.86. The van der Waals surface area contributed by atoms with Crippen LogP contribution in [0.15, 0.2) is 12.7 Å². The summed E-state index contributed by atoms with van der Waals surface area (Å²) in [5.74, 6) is 0. The van der Waals surface area contributed by atoms with Crippen LogP contribution in [0.5, 0.6) is 0 Å². The molecule has 0 radical (unpaired) electrons. The minimum atomic E-state index is 0.427. The second-order valence-corrected chi connectivity index (χ2v) is 4.54. The zero-order valence-corrected chi connectivity index (χ0v) is 10.5. The summed E-state index contributed by atoms with van der Waals surface area (Å²) in [5.41, 5.74) is 6.02. The Morgan fingerprint density at radius 3 is 2.27 bits per heavy atom. The number of hydrogen-bond acceptors (Lipinski definition) is 1. The molecule has 0 aromatic heterocycles. The van der Waals surface area contributed by atoms with E-state index in [1.807, 2.05) is 6.08 Å². The molecule has 0 heterocycles. The van der Waals surface area contributed by atoms with Crippen LogP contribution in [0.1, 0.15) is 71.1 Å². The summed E-state index contributed by atoms with van der Waals surface area (Å²) in [7, 11) is 0. The molecule has 0 fully saturated rings. The van der Waals surface area contributed by atoms with Crippen molar-refractivity contribution in [1.82, 2.24) is 0 Å². The van der Waals surface area contributed by atoms with Crippen molar-refractivity contribution < 1.29 is 0 Å². The highest BCUT2D eigenvalue weighted by molar-refractivity contribution is 4.69. The van der Waals surface area contributed by atoms with Crippen LogP contribution in [0.25, 0.3) is 0 Å². The second-order valence-electron chi connectivity index (χ2n) is 4.54. The zero-order chi connectivity index (χ0) is 11.4. The highest BCUT2D eigenvalue weighted by Crippen LogP contribution is 2.10. The summed E-state index contributed by atoms with van der Waals surface area (Å²) in [5, 5.41) is 0. The molecule has 0 aromatic carbocycles. The second kappa shape index (κ2) is 11.8. The maximum Gasteiger partial charge on any atom is 0.00389 e. The molecule has 0 bridgehead atoms. The van der Waals surface area contributed by atoms with Crippen LogP contribution in [0.4, 0.5) is 0 Å². The summed E-state index contributed by atoms with van der Waals surface area (Å²) in [6.07, 6.45) is 14.9. The van der Waals surface area contributed by atoms with Gasteiger partial charge >= 0.3 is 0 Å². The Kier molecular flexibility index (Phi) is 11.5. The van der Waals surface area contributed by atoms with Gasteiger partial charge in [0.05, 0.1) is 0 Å². The van der Waals surface area contributed by atoms with Crippen LogP contribution in [-0.2, 0) is 0 Å². The predicted octanol–water partition coefficient (Wildman–Crippen LogP) is 4.42. The molecule has 0 saturated heterocycles. The first-order valence-corrected chi connectivity index (χ1v) is 6.67. The Balaban J connectivity index is 3.09. The van der Waals surface area contributed by atoms with E-state index in [0.29, 0.717) is 6.04 Å². The molecular weight excluding hydrogens is 182 g/mol. The molecule has 0 aliphatic rings. The van der Waals surface area contributed by atoms with Crippen molar-refractivity contribution >= 4 is 0 Å². The van der Waals surface area contributed by atoms with Gasteiger partial charge in [-0.1, -0.05) is 51.5 Å². The lowest BCUT2D eigenvalue weighted by atomic mass is 10.0. The Morgan fingerprint density at radius 1 is 1.00 bits per heavy atom. The fourth-order valence-electron chi connectivity index (χ4n) is 1.86. The molecule has 0 aromatic rings. The van der Waals surface area contributed by atoms with E-state index in [9.17, 15) is 0 Å². The first-order chi connectivity index (χ1) is 7.31. The Morgan fingerprint density at radius 2 is 1.60 bits per heavy atom. The lowest BCUT2D eigenvalue weighted by Crippen LogP contribution is -2.19. The van der Waals surface area contributed by atoms with E-state index in [-0.39, 0.29) is 0 Å². The Hall–Kier alpha value is -0.300. The average molecular weight is 211 g/mol. The van der Waals surface area contributed by atoms with Crippen molar-refractivity contribution in [2.24, 2.45) is 5.73 Å². The number of allylic oxidation sites excluding steroid dienone is 1. The fraction of sp³-hybridized carbons (Fsp3) is 0.857. The first kappa shape index (κ1) is 14.7. The molecule has 1 unspecified atom stereocenters. The first-order valence-electron chi connectivity index (χ1n) is 6.67. The summed E-state index contributed by atoms with van der Waals surface area (Å²) < 4.78 is 0. The SMILES string of the molecule is C=CCCCC(N)CCCCCCCC. The topological polar surface area (TPSA) is 26.0 Å². The maximum absolute atomic E-state index is 6.02. The molecule has 0 aliphatic heterocycles. The van der Waals surface area contributed by atoms with Crippen molar-refractivity contribution in [3.05, 3.63) is 12.7 Å². The standard InChI is InChI=1S/C14H29N/c1-3-5-7-8-9-11-13-14(15)12-10-6-4-2/h4,14H,2-3,5-13,15H2,1H3. The largest absolute Gasteiger partial charge is 0.328 e. The van der Waals surface area contributed by atoms with Crippen LogP contribution < -0.4 is 5.73 Å². The molecule has 0 amide bonds. The van der Waals surface area contributed by atoms with Gasteiger partial charge < -0.3 is 5.73 Å². The smallest absolute Gasteiger partial charge is 0.00389 e. The monoisotopic (exact) mass is 211 g/mol. The third-order valence-electron chi connectivity index (χ3n) is 2.91. The molecule has 15 heavy (non-hydrogen) atoms. The molecule has 2 N–H and O–H groups in total. The molecule has 0 aliphatic carbocycles. The lowest BCUT2D eigenvalue weighted by Gasteiger charge is -2.10. The minimum Gasteiger partial charge on any atom is -0.328 e. The quantitative estimate of drug-likeness (QED) is 0.397. The van der Waals surface area contributed by atoms with Crippen molar-refractivity contribution in [1.29, 1.82) is 0 Å². The van der Waals surface area contributed by atoms with E-state index < -0.39 is 0 Å². The molecule has 1 heteroatoms. The van der Waals surface area contributed by atoms with E-state index >= 15 is 0 Å². The van der Waals surface area contributed by atoms with E-state index in [1.165, 1.54) is 57.8 Å². The number of rotatable bonds is 11. The summed E-state index contributed by atoms with van der Waals surface area (Å²) >= 11 is 0. The molecule has 0 rings (SSSR count). The van der Waals surface area contributed by atoms with Crippen LogP contribution in [0.3, 0.4) is 0 Å². The summed E-state index contributed by atoms with van der Waals surface area (Å²) in [4.78, 5) is 0. The van der Waals surface area contributed by atoms with Gasteiger partial charge in [-0.05, 0) is 25.7 Å². The van der Waals surface area contributed by atoms with E-state index in [0.717, 1.165) is 6.42 Å². The van der Waals surface area contributed by atoms with Crippen molar-refractivity contribution in [3.8, 4) is 0 Å². The van der Waals surface area contributed by atoms with Crippen LogP contribution in [0.2, 0.25) is 0 Å². The third-order valence-corrected chi connectivity index (χ3v) is 2.91. The number of unbranched alkanes of at least 4 members (excludes halogenated alkanes) is 6. The predicted molar refractivity (Wildman–Crippen MR) is 70.0 cm³/mol. The van der Waals surface area contributed by atoms with E-state index in [1.54, 1.807) is 0 Å². The maximum atomic E-state index is 6.02. The molecule has 0 saturated carbocycles. The van der Waals surface area contributed by atoms with Gasteiger partial charge in [0.25, 0.3) is 0 Å². The van der Waals surface area contributed by atoms with Gasteiger partial charge in [-0.2, -0.15) is 0 Å². The molecule has 1 nitrogen and oxygen atoms in total. The van der Waals surface area contributed by atoms with E-state index in [2.05, 4.69) is 13.5 Å². The minimum absolute atomic E-state index is 0.427. The van der Waals surface area contributed by atoms with Crippen LogP contribution in [0, 0.1) is 0 Å². The zero-order valence-electron chi connectivity index (χ0n) is 10.5. The van der Waals surface area contributed by atoms with Gasteiger partial charge in [-0.3, -0.25) is 0 Å². The van der Waals surface area contributed by atoms with Gasteiger partial charge in [0.2, 0.25) is 0 Å². The van der Waals surface area contributed by atoms with Crippen molar-refractivity contribution in [3.63, 3.8) is 0 Å². The Labute approximate surface area is 96.1 Å². The van der Waals surface area contributed by atoms with Gasteiger partial charge in [0.15, 0.2) is 0 Å². The third kappa shape index (κ3) is 11.6. The van der Waals surface area contributed by atoms with Crippen LogP contribution in [-0.4, -0.2) is 6.04 Å². The van der Waals surface area contributed by atoms with Gasteiger partial charge in [0.1, 0.15) is 0 Å². The number of hydrogen-bond donors (Lipinski definition) is 1. The number of nitrogens with two attached hydrogens (primary N) is 1. The van der Waals surface area contributed by atoms with Crippen molar-refractivity contribution in [2.75, 3.05) is 0 Å². The normalized spacial score (nSPS) is 12.7. The highest BCUT2D eigenvalue weighted by Gasteiger charge is 2.01. The van der Waals surface area contributed by atoms with Crippen LogP contribution >= 0.6 is 0 Å². The van der Waals surface area contributed by atoms with Gasteiger partial charge in [-0.15, -0.1) is 6.58 Å². The summed E-state index contributed by atoms with van der Waals surface area (Å²) in [6.45, 7) is 5.98. The van der Waals surface area contributed by atoms with Gasteiger partial charge in [-0.25, -0.2) is 0 Å². The average Bonchev–Trinajstić information content (AvgIpc) is 2.23. The van der Waals surface area contributed by atoms with E-state index in [4.69, 9.17) is 5.73 Å². The highest BCUT2D eigenvalue weighted by atomic mass is 14.6.